The third-order valence-electron chi connectivity index (χ3n) is 3.66. The minimum absolute atomic E-state index is 0.141. The highest BCUT2D eigenvalue weighted by Crippen LogP contribution is 2.30. The second-order valence-corrected chi connectivity index (χ2v) is 5.11. The predicted molar refractivity (Wildman–Crippen MR) is 91.1 cm³/mol. The molecule has 2 heterocycles. The van der Waals surface area contributed by atoms with E-state index in [1.54, 1.807) is 48.7 Å². The Morgan fingerprint density at radius 3 is 2.62 bits per heavy atom. The number of nitrogen functional groups attached to an aromatic ring is 1. The average molecular weight is 319 g/mol. The molecule has 118 valence electrons. The van der Waals surface area contributed by atoms with Crippen LogP contribution in [0.3, 0.4) is 0 Å². The van der Waals surface area contributed by atoms with Crippen LogP contribution in [0.1, 0.15) is 5.56 Å². The van der Waals surface area contributed by atoms with Crippen LogP contribution in [-0.2, 0) is 4.65 Å². The number of hydrogen-bond acceptors (Lipinski definition) is 6. The zero-order chi connectivity index (χ0) is 17.1. The highest BCUT2D eigenvalue weighted by atomic mass is 16.5. The number of aromatic nitrogens is 1. The van der Waals surface area contributed by atoms with Crippen molar-refractivity contribution in [2.45, 2.75) is 0 Å². The SMILES string of the molecule is COB(O)c1ccc(-c2cc(-c3ccco3)nc(N)c2C#N)cc1. The molecular formula is C17H14BN3O3. The Morgan fingerprint density at radius 2 is 2.04 bits per heavy atom. The first-order valence-electron chi connectivity index (χ1n) is 7.19. The van der Waals surface area contributed by atoms with Crippen LogP contribution < -0.4 is 11.2 Å². The monoisotopic (exact) mass is 319 g/mol. The van der Waals surface area contributed by atoms with E-state index in [4.69, 9.17) is 14.8 Å². The van der Waals surface area contributed by atoms with Crippen LogP contribution in [0.4, 0.5) is 5.82 Å². The van der Waals surface area contributed by atoms with Gasteiger partial charge in [-0.2, -0.15) is 5.26 Å². The van der Waals surface area contributed by atoms with Gasteiger partial charge in [-0.1, -0.05) is 24.3 Å². The fourth-order valence-electron chi connectivity index (χ4n) is 2.42. The summed E-state index contributed by atoms with van der Waals surface area (Å²) in [6.07, 6.45) is 1.55. The molecule has 1 aromatic carbocycles. The second kappa shape index (κ2) is 6.58. The Bertz CT molecular complexity index is 887. The minimum Gasteiger partial charge on any atom is -0.463 e. The van der Waals surface area contributed by atoms with Crippen molar-refractivity contribution in [2.24, 2.45) is 0 Å². The van der Waals surface area contributed by atoms with E-state index >= 15 is 0 Å². The van der Waals surface area contributed by atoms with Crippen LogP contribution in [0.2, 0.25) is 0 Å². The lowest BCUT2D eigenvalue weighted by Gasteiger charge is -2.10. The lowest BCUT2D eigenvalue weighted by atomic mass is 9.79. The Balaban J connectivity index is 2.11. The van der Waals surface area contributed by atoms with Crippen LogP contribution in [0.5, 0.6) is 0 Å². The molecule has 0 atom stereocenters. The quantitative estimate of drug-likeness (QED) is 0.710. The Hall–Kier alpha value is -3.08. The first-order valence-corrected chi connectivity index (χ1v) is 7.19. The van der Waals surface area contributed by atoms with E-state index in [9.17, 15) is 10.3 Å². The second-order valence-electron chi connectivity index (χ2n) is 5.11. The van der Waals surface area contributed by atoms with Crippen molar-refractivity contribution >= 4 is 18.4 Å². The number of nitrogens with zero attached hydrogens (tertiary/aromatic N) is 2. The normalized spacial score (nSPS) is 10.4. The largest absolute Gasteiger partial charge is 0.490 e. The third-order valence-corrected chi connectivity index (χ3v) is 3.66. The van der Waals surface area contributed by atoms with Gasteiger partial charge in [0.1, 0.15) is 23.1 Å². The van der Waals surface area contributed by atoms with E-state index in [0.29, 0.717) is 28.0 Å². The number of nitrogens with two attached hydrogens (primary N) is 1. The molecule has 0 bridgehead atoms. The molecule has 24 heavy (non-hydrogen) atoms. The molecule has 7 heteroatoms. The van der Waals surface area contributed by atoms with Crippen molar-refractivity contribution in [3.05, 3.63) is 54.3 Å². The smallest absolute Gasteiger partial charge is 0.463 e. The summed E-state index contributed by atoms with van der Waals surface area (Å²) in [4.78, 5) is 4.23. The molecule has 3 rings (SSSR count). The molecule has 0 aliphatic carbocycles. The predicted octanol–water partition coefficient (Wildman–Crippen LogP) is 1.80. The topological polar surface area (TPSA) is 105 Å². The van der Waals surface area contributed by atoms with Crippen LogP contribution in [0, 0.1) is 11.3 Å². The van der Waals surface area contributed by atoms with E-state index in [2.05, 4.69) is 11.1 Å². The maximum absolute atomic E-state index is 9.69. The molecule has 0 saturated carbocycles. The summed E-state index contributed by atoms with van der Waals surface area (Å²) in [5.41, 5.74) is 8.83. The van der Waals surface area contributed by atoms with Crippen LogP contribution in [-0.4, -0.2) is 24.2 Å². The number of benzene rings is 1. The summed E-state index contributed by atoms with van der Waals surface area (Å²) in [7, 11) is 0.432. The Kier molecular flexibility index (Phi) is 4.34. The summed E-state index contributed by atoms with van der Waals surface area (Å²) in [5, 5.41) is 19.1. The van der Waals surface area contributed by atoms with Crippen molar-refractivity contribution in [1.29, 1.82) is 5.26 Å². The fraction of sp³-hybridized carbons (Fsp3) is 0.0588. The molecule has 6 nitrogen and oxygen atoms in total. The van der Waals surface area contributed by atoms with E-state index in [1.165, 1.54) is 7.11 Å². The first-order chi connectivity index (χ1) is 11.6. The summed E-state index contributed by atoms with van der Waals surface area (Å²) in [5.74, 6) is 0.710. The molecule has 0 amide bonds. The van der Waals surface area contributed by atoms with Gasteiger partial charge in [-0.05, 0) is 29.2 Å². The van der Waals surface area contributed by atoms with Crippen LogP contribution >= 0.6 is 0 Å². The van der Waals surface area contributed by atoms with Gasteiger partial charge in [-0.25, -0.2) is 4.98 Å². The summed E-state index contributed by atoms with van der Waals surface area (Å²) >= 11 is 0. The molecule has 0 aliphatic rings. The van der Waals surface area contributed by atoms with Gasteiger partial charge in [-0.15, -0.1) is 0 Å². The molecule has 0 aliphatic heterocycles. The average Bonchev–Trinajstić information content (AvgIpc) is 3.15. The maximum atomic E-state index is 9.69. The van der Waals surface area contributed by atoms with Crippen molar-refractivity contribution in [3.8, 4) is 28.7 Å². The van der Waals surface area contributed by atoms with Gasteiger partial charge >= 0.3 is 7.12 Å². The number of pyridine rings is 1. The van der Waals surface area contributed by atoms with Crippen LogP contribution in [0.25, 0.3) is 22.6 Å². The van der Waals surface area contributed by atoms with Crippen molar-refractivity contribution in [3.63, 3.8) is 0 Å². The zero-order valence-corrected chi connectivity index (χ0v) is 12.9. The summed E-state index contributed by atoms with van der Waals surface area (Å²) in [6.45, 7) is 0. The van der Waals surface area contributed by atoms with Gasteiger partial charge in [-0.3, -0.25) is 0 Å². The number of hydrogen-bond donors (Lipinski definition) is 2. The van der Waals surface area contributed by atoms with Gasteiger partial charge in [0.15, 0.2) is 5.76 Å². The maximum Gasteiger partial charge on any atom is 0.490 e. The van der Waals surface area contributed by atoms with Gasteiger partial charge in [0.25, 0.3) is 0 Å². The fourth-order valence-corrected chi connectivity index (χ4v) is 2.42. The lowest BCUT2D eigenvalue weighted by molar-refractivity contribution is 0.341. The molecule has 3 N–H and O–H groups in total. The molecule has 2 aromatic heterocycles. The molecule has 3 aromatic rings. The zero-order valence-electron chi connectivity index (χ0n) is 12.9. The summed E-state index contributed by atoms with van der Waals surface area (Å²) < 4.78 is 10.2. The van der Waals surface area contributed by atoms with E-state index < -0.39 is 7.12 Å². The standard InChI is InChI=1S/C17H14BN3O3/c1-23-18(22)12-6-4-11(5-7-12)13-9-15(16-3-2-8-24-16)21-17(20)14(13)10-19/h2-9,22H,1H3,(H2,20,21). The molecular weight excluding hydrogens is 305 g/mol. The van der Waals surface area contributed by atoms with E-state index in [1.807, 2.05) is 0 Å². The van der Waals surface area contributed by atoms with Crippen LogP contribution in [0.15, 0.2) is 53.1 Å². The lowest BCUT2D eigenvalue weighted by Crippen LogP contribution is -2.31. The molecule has 0 unspecified atom stereocenters. The van der Waals surface area contributed by atoms with Crippen molar-refractivity contribution < 1.29 is 14.1 Å². The van der Waals surface area contributed by atoms with Gasteiger partial charge in [0.2, 0.25) is 0 Å². The molecule has 0 saturated heterocycles. The van der Waals surface area contributed by atoms with Crippen molar-refractivity contribution in [1.82, 2.24) is 4.98 Å². The Labute approximate surface area is 139 Å². The van der Waals surface area contributed by atoms with Gasteiger partial charge in [0.05, 0.1) is 6.26 Å². The summed E-state index contributed by atoms with van der Waals surface area (Å²) in [6, 6.07) is 14.4. The molecule has 0 fully saturated rings. The first kappa shape index (κ1) is 15.8. The van der Waals surface area contributed by atoms with Gasteiger partial charge in [0, 0.05) is 12.7 Å². The number of nitriles is 1. The van der Waals surface area contributed by atoms with E-state index in [0.717, 1.165) is 5.56 Å². The number of rotatable bonds is 4. The van der Waals surface area contributed by atoms with Gasteiger partial charge < -0.3 is 19.8 Å². The third kappa shape index (κ3) is 2.88. The van der Waals surface area contributed by atoms with E-state index in [-0.39, 0.29) is 5.82 Å². The molecule has 0 radical (unpaired) electrons. The van der Waals surface area contributed by atoms with Crippen molar-refractivity contribution in [2.75, 3.05) is 12.8 Å². The highest BCUT2D eigenvalue weighted by Gasteiger charge is 2.17. The highest BCUT2D eigenvalue weighted by molar-refractivity contribution is 6.59. The number of furan rings is 1. The Morgan fingerprint density at radius 1 is 1.29 bits per heavy atom. The molecule has 0 spiro atoms. The minimum atomic E-state index is -0.990. The number of anilines is 1.